The number of hydrogen-bond acceptors (Lipinski definition) is 6. The van der Waals surface area contributed by atoms with E-state index in [0.29, 0.717) is 13.1 Å². The summed E-state index contributed by atoms with van der Waals surface area (Å²) in [5.74, 6) is 0.112. The number of fused-ring (bicyclic) bond motifs is 1. The largest absolute Gasteiger partial charge is 0.311 e. The molecule has 0 unspecified atom stereocenters. The van der Waals surface area contributed by atoms with Crippen LogP contribution < -0.4 is 4.90 Å². The fraction of sp³-hybridized carbons (Fsp3) is 0.524. The molecule has 2 aliphatic rings. The molecular formula is C21H28N4O3S2. The summed E-state index contributed by atoms with van der Waals surface area (Å²) in [5, 5.41) is 3.12. The summed E-state index contributed by atoms with van der Waals surface area (Å²) >= 11 is 1.64. The monoisotopic (exact) mass is 448 g/mol. The van der Waals surface area contributed by atoms with Gasteiger partial charge < -0.3 is 4.90 Å². The number of anilines is 1. The van der Waals surface area contributed by atoms with Crippen LogP contribution >= 0.6 is 11.3 Å². The Labute approximate surface area is 182 Å². The number of carbonyl (C=O) groups excluding carboxylic acids is 1. The Morgan fingerprint density at radius 3 is 2.63 bits per heavy atom. The Balaban J connectivity index is 1.37. The number of likely N-dealkylation sites (tertiary alicyclic amines) is 1. The molecule has 1 saturated heterocycles. The molecule has 0 atom stereocenters. The van der Waals surface area contributed by atoms with E-state index in [1.54, 1.807) is 18.4 Å². The fourth-order valence-electron chi connectivity index (χ4n) is 4.30. The lowest BCUT2D eigenvalue weighted by atomic mass is 10.1. The minimum Gasteiger partial charge on any atom is -0.311 e. The van der Waals surface area contributed by atoms with Crippen LogP contribution in [-0.4, -0.2) is 74.0 Å². The van der Waals surface area contributed by atoms with Gasteiger partial charge >= 0.3 is 0 Å². The van der Waals surface area contributed by atoms with Gasteiger partial charge in [0.25, 0.3) is 0 Å². The van der Waals surface area contributed by atoms with Crippen molar-refractivity contribution in [2.24, 2.45) is 0 Å². The van der Waals surface area contributed by atoms with Gasteiger partial charge in [-0.2, -0.15) is 0 Å². The highest BCUT2D eigenvalue weighted by atomic mass is 32.2. The van der Waals surface area contributed by atoms with Crippen LogP contribution in [0.2, 0.25) is 0 Å². The minimum absolute atomic E-state index is 0.0200. The van der Waals surface area contributed by atoms with Crippen molar-refractivity contribution in [2.75, 3.05) is 44.4 Å². The van der Waals surface area contributed by atoms with Gasteiger partial charge in [-0.05, 0) is 43.9 Å². The van der Waals surface area contributed by atoms with Gasteiger partial charge in [0.15, 0.2) is 0 Å². The Kier molecular flexibility index (Phi) is 5.98. The van der Waals surface area contributed by atoms with Crippen molar-refractivity contribution in [3.8, 4) is 11.3 Å². The predicted octanol–water partition coefficient (Wildman–Crippen LogP) is 2.36. The van der Waals surface area contributed by atoms with Crippen molar-refractivity contribution >= 4 is 33.0 Å². The number of hydrogen-bond donors (Lipinski definition) is 0. The molecule has 0 aliphatic carbocycles. The van der Waals surface area contributed by atoms with Gasteiger partial charge in [0.05, 0.1) is 23.5 Å². The molecule has 0 radical (unpaired) electrons. The first-order valence-corrected chi connectivity index (χ1v) is 13.0. The molecule has 7 nitrogen and oxygen atoms in total. The normalized spacial score (nSPS) is 18.2. The third-order valence-corrected chi connectivity index (χ3v) is 8.26. The zero-order chi connectivity index (χ0) is 21.5. The maximum Gasteiger partial charge on any atom is 0.241 e. The van der Waals surface area contributed by atoms with Crippen LogP contribution in [0, 0.1) is 6.92 Å². The van der Waals surface area contributed by atoms with Crippen LogP contribution in [0.3, 0.4) is 0 Å². The van der Waals surface area contributed by atoms with E-state index in [1.807, 2.05) is 24.0 Å². The Morgan fingerprint density at radius 2 is 2.00 bits per heavy atom. The molecule has 1 amide bonds. The second-order valence-corrected chi connectivity index (χ2v) is 11.3. The summed E-state index contributed by atoms with van der Waals surface area (Å²) in [5.41, 5.74) is 4.29. The molecule has 0 N–H and O–H groups in total. The van der Waals surface area contributed by atoms with Gasteiger partial charge in [0.1, 0.15) is 0 Å². The number of aryl methyl sites for hydroxylation is 1. The van der Waals surface area contributed by atoms with Crippen molar-refractivity contribution < 1.29 is 13.2 Å². The lowest BCUT2D eigenvalue weighted by Crippen LogP contribution is -2.48. The van der Waals surface area contributed by atoms with E-state index >= 15 is 0 Å². The van der Waals surface area contributed by atoms with E-state index in [2.05, 4.69) is 21.3 Å². The topological polar surface area (TPSA) is 73.8 Å². The van der Waals surface area contributed by atoms with Gasteiger partial charge in [-0.1, -0.05) is 6.07 Å². The van der Waals surface area contributed by atoms with Gasteiger partial charge in [0, 0.05) is 49.4 Å². The summed E-state index contributed by atoms with van der Waals surface area (Å²) in [7, 11) is -1.53. The highest BCUT2D eigenvalue weighted by Gasteiger charge is 2.30. The molecule has 4 rings (SSSR count). The van der Waals surface area contributed by atoms with Crippen molar-refractivity contribution in [1.82, 2.24) is 14.2 Å². The number of nitrogens with zero attached hydrogens (tertiary/aromatic N) is 4. The number of sulfonamides is 1. The first-order chi connectivity index (χ1) is 14.2. The van der Waals surface area contributed by atoms with E-state index in [0.717, 1.165) is 54.3 Å². The summed E-state index contributed by atoms with van der Waals surface area (Å²) in [6.45, 7) is 4.56. The average molecular weight is 449 g/mol. The Hall–Kier alpha value is -1.81. The third-order valence-electron chi connectivity index (χ3n) is 6.14. The van der Waals surface area contributed by atoms with E-state index in [-0.39, 0.29) is 11.9 Å². The van der Waals surface area contributed by atoms with Crippen molar-refractivity contribution in [1.29, 1.82) is 0 Å². The van der Waals surface area contributed by atoms with E-state index in [1.165, 1.54) is 16.1 Å². The standard InChI is InChI=1S/C21H28N4O3S2/c1-15-22-19(14-29-15)16-4-5-20-17(12-16)6-11-25(20)21(26)13-24-9-7-18(8-10-24)23(2)30(3,27)28/h4-5,12,14,18H,6-11,13H2,1-3H3. The Bertz CT molecular complexity index is 1040. The van der Waals surface area contributed by atoms with E-state index in [4.69, 9.17) is 0 Å². The molecule has 1 fully saturated rings. The molecule has 1 aromatic heterocycles. The van der Waals surface area contributed by atoms with E-state index in [9.17, 15) is 13.2 Å². The van der Waals surface area contributed by atoms with Crippen molar-refractivity contribution in [3.05, 3.63) is 34.2 Å². The van der Waals surface area contributed by atoms with Gasteiger partial charge in [0.2, 0.25) is 15.9 Å². The first kappa shape index (κ1) is 21.4. The number of amides is 1. The number of thiazole rings is 1. The molecule has 1 aromatic carbocycles. The van der Waals surface area contributed by atoms with Crippen LogP contribution in [0.5, 0.6) is 0 Å². The van der Waals surface area contributed by atoms with Gasteiger partial charge in [-0.15, -0.1) is 11.3 Å². The summed E-state index contributed by atoms with van der Waals surface area (Å²) in [6, 6.07) is 6.26. The second-order valence-electron chi connectivity index (χ2n) is 8.18. The highest BCUT2D eigenvalue weighted by Crippen LogP contribution is 2.33. The summed E-state index contributed by atoms with van der Waals surface area (Å²) in [6.07, 6.45) is 3.61. The molecule has 0 saturated carbocycles. The second kappa shape index (κ2) is 8.37. The maximum atomic E-state index is 13.0. The van der Waals surface area contributed by atoms with Crippen LogP contribution in [0.25, 0.3) is 11.3 Å². The fourth-order valence-corrected chi connectivity index (χ4v) is 5.68. The SMILES string of the molecule is Cc1nc(-c2ccc3c(c2)CCN3C(=O)CN2CCC(N(C)S(C)(=O)=O)CC2)cs1. The molecule has 0 spiro atoms. The maximum absolute atomic E-state index is 13.0. The minimum atomic E-state index is -3.18. The number of carbonyl (C=O) groups is 1. The van der Waals surface area contributed by atoms with Crippen molar-refractivity contribution in [3.63, 3.8) is 0 Å². The Morgan fingerprint density at radius 1 is 1.27 bits per heavy atom. The molecule has 0 bridgehead atoms. The zero-order valence-corrected chi connectivity index (χ0v) is 19.3. The smallest absolute Gasteiger partial charge is 0.241 e. The zero-order valence-electron chi connectivity index (χ0n) is 17.7. The number of benzene rings is 1. The van der Waals surface area contributed by atoms with Gasteiger partial charge in [-0.3, -0.25) is 9.69 Å². The lowest BCUT2D eigenvalue weighted by Gasteiger charge is -2.35. The van der Waals surface area contributed by atoms with Crippen LogP contribution in [0.4, 0.5) is 5.69 Å². The molecular weight excluding hydrogens is 420 g/mol. The molecule has 162 valence electrons. The average Bonchev–Trinajstić information content (AvgIpc) is 3.33. The number of piperidine rings is 1. The number of aromatic nitrogens is 1. The third kappa shape index (κ3) is 4.44. The molecule has 9 heteroatoms. The molecule has 2 aromatic rings. The molecule has 2 aliphatic heterocycles. The van der Waals surface area contributed by atoms with Crippen molar-refractivity contribution in [2.45, 2.75) is 32.2 Å². The van der Waals surface area contributed by atoms with Crippen LogP contribution in [-0.2, 0) is 21.2 Å². The van der Waals surface area contributed by atoms with Crippen LogP contribution in [0.15, 0.2) is 23.6 Å². The molecule has 3 heterocycles. The highest BCUT2D eigenvalue weighted by molar-refractivity contribution is 7.88. The number of rotatable bonds is 5. The quantitative estimate of drug-likeness (QED) is 0.702. The summed E-state index contributed by atoms with van der Waals surface area (Å²) in [4.78, 5) is 21.6. The molecule has 30 heavy (non-hydrogen) atoms. The van der Waals surface area contributed by atoms with E-state index < -0.39 is 10.0 Å². The predicted molar refractivity (Wildman–Crippen MR) is 120 cm³/mol. The first-order valence-electron chi connectivity index (χ1n) is 10.2. The summed E-state index contributed by atoms with van der Waals surface area (Å²) < 4.78 is 25.0. The van der Waals surface area contributed by atoms with Gasteiger partial charge in [-0.25, -0.2) is 17.7 Å². The van der Waals surface area contributed by atoms with Crippen LogP contribution in [0.1, 0.15) is 23.4 Å². The lowest BCUT2D eigenvalue weighted by molar-refractivity contribution is -0.120.